The van der Waals surface area contributed by atoms with Crippen molar-refractivity contribution in [3.63, 3.8) is 0 Å². The van der Waals surface area contributed by atoms with Gasteiger partial charge in [0.05, 0.1) is 11.4 Å². The topological polar surface area (TPSA) is 95.9 Å². The Bertz CT molecular complexity index is 966. The van der Waals surface area contributed by atoms with Crippen LogP contribution in [-0.4, -0.2) is 37.7 Å². The third-order valence-electron chi connectivity index (χ3n) is 3.43. The van der Waals surface area contributed by atoms with Gasteiger partial charge in [-0.15, -0.1) is 0 Å². The summed E-state index contributed by atoms with van der Waals surface area (Å²) in [5.74, 6) is 0.478. The minimum Gasteiger partial charge on any atom is -0.454 e. The highest BCUT2D eigenvalue weighted by Gasteiger charge is 2.28. The summed E-state index contributed by atoms with van der Waals surface area (Å²) in [5.41, 5.74) is 1.19. The Morgan fingerprint density at radius 1 is 1.22 bits per heavy atom. The van der Waals surface area contributed by atoms with Crippen molar-refractivity contribution in [1.29, 1.82) is 0 Å². The van der Waals surface area contributed by atoms with Crippen LogP contribution in [0.1, 0.15) is 18.4 Å². The van der Waals surface area contributed by atoms with Crippen LogP contribution in [-0.2, 0) is 13.0 Å². The lowest BCUT2D eigenvalue weighted by atomic mass is 10.2. The molecule has 11 heteroatoms. The summed E-state index contributed by atoms with van der Waals surface area (Å²) in [5, 5.41) is 8.06. The predicted molar refractivity (Wildman–Crippen MR) is 86.1 cm³/mol. The van der Waals surface area contributed by atoms with Gasteiger partial charge in [-0.25, -0.2) is 14.6 Å². The van der Waals surface area contributed by atoms with Gasteiger partial charge in [0.1, 0.15) is 6.54 Å². The zero-order valence-electron chi connectivity index (χ0n) is 14.1. The van der Waals surface area contributed by atoms with Gasteiger partial charge in [-0.2, -0.15) is 18.3 Å². The third kappa shape index (κ3) is 4.90. The van der Waals surface area contributed by atoms with E-state index in [0.717, 1.165) is 5.69 Å². The highest BCUT2D eigenvalue weighted by Crippen LogP contribution is 2.18. The fourth-order valence-electron chi connectivity index (χ4n) is 2.13. The van der Waals surface area contributed by atoms with E-state index in [-0.39, 0.29) is 12.1 Å². The molecular formula is C16H14F3N5O3. The largest absolute Gasteiger partial charge is 0.454 e. The molecule has 142 valence electrons. The van der Waals surface area contributed by atoms with Crippen LogP contribution in [0.25, 0.3) is 11.3 Å². The molecule has 3 aromatic rings. The highest BCUT2D eigenvalue weighted by atomic mass is 19.4. The van der Waals surface area contributed by atoms with Gasteiger partial charge in [0, 0.05) is 30.1 Å². The van der Waals surface area contributed by atoms with Gasteiger partial charge in [-0.05, 0) is 12.5 Å². The van der Waals surface area contributed by atoms with Gasteiger partial charge in [-0.3, -0.25) is 4.79 Å². The lowest BCUT2D eigenvalue weighted by molar-refractivity contribution is -0.154. The van der Waals surface area contributed by atoms with Crippen molar-refractivity contribution in [3.8, 4) is 17.3 Å². The van der Waals surface area contributed by atoms with Crippen molar-refractivity contribution < 1.29 is 22.4 Å². The van der Waals surface area contributed by atoms with Crippen molar-refractivity contribution in [2.24, 2.45) is 0 Å². The summed E-state index contributed by atoms with van der Waals surface area (Å²) in [6, 6.07) is 4.11. The van der Waals surface area contributed by atoms with E-state index in [2.05, 4.69) is 25.0 Å². The second-order valence-corrected chi connectivity index (χ2v) is 5.51. The van der Waals surface area contributed by atoms with E-state index in [1.165, 1.54) is 29.2 Å². The monoisotopic (exact) mass is 381 g/mol. The number of hydrogen-bond acceptors (Lipinski definition) is 7. The van der Waals surface area contributed by atoms with Gasteiger partial charge in [0.2, 0.25) is 0 Å². The van der Waals surface area contributed by atoms with Crippen LogP contribution in [0.4, 0.5) is 13.2 Å². The van der Waals surface area contributed by atoms with Crippen molar-refractivity contribution >= 4 is 0 Å². The zero-order chi connectivity index (χ0) is 19.4. The molecule has 0 saturated heterocycles. The number of ether oxygens (including phenoxy) is 1. The maximum absolute atomic E-state index is 12.1. The average molecular weight is 381 g/mol. The van der Waals surface area contributed by atoms with Crippen LogP contribution in [0.15, 0.2) is 39.9 Å². The molecule has 0 atom stereocenters. The Balaban J connectivity index is 1.77. The molecule has 0 spiro atoms. The summed E-state index contributed by atoms with van der Waals surface area (Å²) in [7, 11) is 0. The number of aromatic nitrogens is 5. The summed E-state index contributed by atoms with van der Waals surface area (Å²) in [6.07, 6.45) is -1.25. The van der Waals surface area contributed by atoms with E-state index in [4.69, 9.17) is 4.52 Å². The van der Waals surface area contributed by atoms with Gasteiger partial charge < -0.3 is 9.26 Å². The molecule has 3 heterocycles. The molecule has 0 bridgehead atoms. The van der Waals surface area contributed by atoms with E-state index in [0.29, 0.717) is 23.4 Å². The number of rotatable bonds is 6. The molecule has 8 nitrogen and oxygen atoms in total. The minimum absolute atomic E-state index is 0.0906. The maximum atomic E-state index is 12.1. The van der Waals surface area contributed by atoms with Gasteiger partial charge >= 0.3 is 12.2 Å². The number of aryl methyl sites for hydroxylation is 1. The quantitative estimate of drug-likeness (QED) is 0.646. The molecule has 0 aliphatic heterocycles. The van der Waals surface area contributed by atoms with E-state index in [1.807, 2.05) is 6.92 Å². The zero-order valence-corrected chi connectivity index (χ0v) is 14.1. The van der Waals surface area contributed by atoms with E-state index >= 15 is 0 Å². The van der Waals surface area contributed by atoms with E-state index in [9.17, 15) is 18.0 Å². The fraction of sp³-hybridized carbons (Fsp3) is 0.312. The second-order valence-electron chi connectivity index (χ2n) is 5.51. The summed E-state index contributed by atoms with van der Waals surface area (Å²) < 4.78 is 47.2. The summed E-state index contributed by atoms with van der Waals surface area (Å²) in [6.45, 7) is 0.536. The third-order valence-corrected chi connectivity index (χ3v) is 3.43. The number of hydrogen-bond donors (Lipinski definition) is 0. The lowest BCUT2D eigenvalue weighted by Gasteiger charge is -2.08. The van der Waals surface area contributed by atoms with Gasteiger partial charge in [0.25, 0.3) is 5.56 Å². The van der Waals surface area contributed by atoms with Crippen molar-refractivity contribution in [2.45, 2.75) is 26.1 Å². The molecule has 0 N–H and O–H groups in total. The molecule has 27 heavy (non-hydrogen) atoms. The Kier molecular flexibility index (Phi) is 5.19. The van der Waals surface area contributed by atoms with Gasteiger partial charge in [0.15, 0.2) is 12.4 Å². The molecule has 0 aliphatic carbocycles. The molecule has 3 rings (SSSR count). The van der Waals surface area contributed by atoms with Crippen molar-refractivity contribution in [2.75, 3.05) is 6.61 Å². The summed E-state index contributed by atoms with van der Waals surface area (Å²) >= 11 is 0. The number of alkyl halides is 3. The first-order valence-electron chi connectivity index (χ1n) is 7.88. The van der Waals surface area contributed by atoms with Crippen LogP contribution in [0, 0.1) is 0 Å². The normalized spacial score (nSPS) is 11.6. The smallest absolute Gasteiger partial charge is 0.422 e. The molecular weight excluding hydrogens is 367 g/mol. The maximum Gasteiger partial charge on any atom is 0.422 e. The molecule has 3 aromatic heterocycles. The SMILES string of the molecule is CCc1cc(Cn2nc(-c3cnc(OCC(F)(F)F)nc3)ccc2=O)on1. The number of nitrogens with zero attached hydrogens (tertiary/aromatic N) is 5. The standard InChI is InChI=1S/C16H14F3N5O3/c1-2-11-5-12(27-23-11)8-24-14(25)4-3-13(22-24)10-6-20-15(21-7-10)26-9-16(17,18)19/h3-7H,2,8-9H2,1H3. The van der Waals surface area contributed by atoms with Crippen LogP contribution >= 0.6 is 0 Å². The minimum atomic E-state index is -4.47. The van der Waals surface area contributed by atoms with Crippen molar-refractivity contribution in [1.82, 2.24) is 24.9 Å². The van der Waals surface area contributed by atoms with Crippen LogP contribution in [0.2, 0.25) is 0 Å². The molecule has 0 unspecified atom stereocenters. The van der Waals surface area contributed by atoms with Crippen molar-refractivity contribution in [3.05, 3.63) is 52.4 Å². The molecule has 0 fully saturated rings. The van der Waals surface area contributed by atoms with Crippen LogP contribution in [0.3, 0.4) is 0 Å². The highest BCUT2D eigenvalue weighted by molar-refractivity contribution is 5.55. The van der Waals surface area contributed by atoms with Gasteiger partial charge in [-0.1, -0.05) is 12.1 Å². The first-order chi connectivity index (χ1) is 12.8. The number of halogens is 3. The Hall–Kier alpha value is -3.24. The second kappa shape index (κ2) is 7.56. The molecule has 0 aromatic carbocycles. The summed E-state index contributed by atoms with van der Waals surface area (Å²) in [4.78, 5) is 19.4. The molecule has 0 saturated carbocycles. The molecule has 0 amide bonds. The Labute approximate surface area is 150 Å². The van der Waals surface area contributed by atoms with Crippen LogP contribution < -0.4 is 10.3 Å². The molecule has 0 aliphatic rings. The first kappa shape index (κ1) is 18.5. The average Bonchev–Trinajstić information content (AvgIpc) is 3.09. The van der Waals surface area contributed by atoms with E-state index < -0.39 is 18.8 Å². The fourth-order valence-corrected chi connectivity index (χ4v) is 2.13. The molecule has 0 radical (unpaired) electrons. The Morgan fingerprint density at radius 3 is 2.59 bits per heavy atom. The Morgan fingerprint density at radius 2 is 1.96 bits per heavy atom. The first-order valence-corrected chi connectivity index (χ1v) is 7.88. The van der Waals surface area contributed by atoms with Crippen LogP contribution in [0.5, 0.6) is 6.01 Å². The lowest BCUT2D eigenvalue weighted by Crippen LogP contribution is -2.22. The van der Waals surface area contributed by atoms with E-state index in [1.54, 1.807) is 6.07 Å². The predicted octanol–water partition coefficient (Wildman–Crippen LogP) is 2.24.